The smallest absolute Gasteiger partial charge is 0.407 e. The van der Waals surface area contributed by atoms with Gasteiger partial charge in [0, 0.05) is 18.6 Å². The summed E-state index contributed by atoms with van der Waals surface area (Å²) in [7, 11) is -3.61. The number of hydrogen-bond acceptors (Lipinski definition) is 5. The molecule has 0 amide bonds. The molecule has 0 aliphatic carbocycles. The van der Waals surface area contributed by atoms with Crippen molar-refractivity contribution in [2.75, 3.05) is 26.4 Å². The molecule has 1 fully saturated rings. The van der Waals surface area contributed by atoms with Crippen LogP contribution >= 0.6 is 7.60 Å². The van der Waals surface area contributed by atoms with Gasteiger partial charge >= 0.3 is 14.7 Å². The summed E-state index contributed by atoms with van der Waals surface area (Å²) in [5.74, 6) is 0. The Kier molecular flexibility index (Phi) is 5.86. The molecule has 1 aliphatic heterocycles. The van der Waals surface area contributed by atoms with Crippen LogP contribution < -0.4 is 10.8 Å². The lowest BCUT2D eigenvalue weighted by atomic mass is 9.76. The highest BCUT2D eigenvalue weighted by Crippen LogP contribution is 2.46. The highest BCUT2D eigenvalue weighted by Gasteiger charge is 2.34. The maximum Gasteiger partial charge on any atom is 0.493 e. The van der Waals surface area contributed by atoms with Crippen LogP contribution in [0.3, 0.4) is 0 Å². The van der Waals surface area contributed by atoms with Crippen molar-refractivity contribution in [3.63, 3.8) is 0 Å². The van der Waals surface area contributed by atoms with Gasteiger partial charge in [0.05, 0.1) is 18.5 Å². The Morgan fingerprint density at radius 1 is 1.09 bits per heavy atom. The van der Waals surface area contributed by atoms with Gasteiger partial charge in [-0.25, -0.2) is 0 Å². The second-order valence-electron chi connectivity index (χ2n) is 6.04. The van der Waals surface area contributed by atoms with Crippen LogP contribution in [-0.2, 0) is 22.9 Å². The van der Waals surface area contributed by atoms with Crippen molar-refractivity contribution in [2.24, 2.45) is 5.41 Å². The van der Waals surface area contributed by atoms with Crippen LogP contribution in [0.5, 0.6) is 0 Å². The van der Waals surface area contributed by atoms with Gasteiger partial charge in [0.25, 0.3) is 0 Å². The first kappa shape index (κ1) is 17.7. The largest absolute Gasteiger partial charge is 0.493 e. The molecule has 1 saturated heterocycles. The third-order valence-electron chi connectivity index (χ3n) is 3.33. The Balaban J connectivity index is 2.11. The van der Waals surface area contributed by atoms with Crippen LogP contribution in [0.15, 0.2) is 24.3 Å². The summed E-state index contributed by atoms with van der Waals surface area (Å²) < 4.78 is 34.9. The fraction of sp³-hybridized carbons (Fsp3) is 0.600. The van der Waals surface area contributed by atoms with Gasteiger partial charge in [-0.05, 0) is 31.4 Å². The van der Waals surface area contributed by atoms with Gasteiger partial charge in [-0.1, -0.05) is 26.0 Å². The predicted molar refractivity (Wildman–Crippen MR) is 88.0 cm³/mol. The molecule has 0 bridgehead atoms. The maximum absolute atomic E-state index is 12.7. The van der Waals surface area contributed by atoms with E-state index in [0.717, 1.165) is 5.46 Å². The van der Waals surface area contributed by atoms with E-state index in [4.69, 9.17) is 18.4 Å². The maximum atomic E-state index is 12.7. The van der Waals surface area contributed by atoms with Gasteiger partial charge in [0.1, 0.15) is 0 Å². The molecule has 22 heavy (non-hydrogen) atoms. The molecule has 0 radical (unpaired) electrons. The molecule has 0 N–H and O–H groups in total. The first-order valence-electron chi connectivity index (χ1n) is 7.63. The summed E-state index contributed by atoms with van der Waals surface area (Å²) >= 11 is 0. The lowest BCUT2D eigenvalue weighted by Gasteiger charge is -2.33. The van der Waals surface area contributed by atoms with Gasteiger partial charge < -0.3 is 18.4 Å². The molecule has 122 valence electrons. The zero-order valence-corrected chi connectivity index (χ0v) is 14.6. The summed E-state index contributed by atoms with van der Waals surface area (Å²) in [6, 6.07) is 7.22. The van der Waals surface area contributed by atoms with E-state index in [2.05, 4.69) is 13.8 Å². The number of benzene rings is 1. The van der Waals surface area contributed by atoms with Gasteiger partial charge in [-0.2, -0.15) is 0 Å². The summed E-state index contributed by atoms with van der Waals surface area (Å²) in [6.45, 7) is 9.77. The third kappa shape index (κ3) is 4.21. The van der Waals surface area contributed by atoms with Crippen molar-refractivity contribution >= 4 is 25.5 Å². The molecule has 7 heteroatoms. The summed E-state index contributed by atoms with van der Waals surface area (Å²) in [5.41, 5.74) is 0.939. The minimum atomic E-state index is -3.23. The van der Waals surface area contributed by atoms with E-state index in [9.17, 15) is 4.57 Å². The van der Waals surface area contributed by atoms with Gasteiger partial charge in [-0.3, -0.25) is 4.57 Å². The summed E-state index contributed by atoms with van der Waals surface area (Å²) in [6.07, 6.45) is 0. The van der Waals surface area contributed by atoms with E-state index < -0.39 is 7.60 Å². The first-order valence-corrected chi connectivity index (χ1v) is 9.17. The topological polar surface area (TPSA) is 54.0 Å². The van der Waals surface area contributed by atoms with E-state index >= 15 is 0 Å². The molecule has 1 aromatic rings. The van der Waals surface area contributed by atoms with Crippen LogP contribution in [0.2, 0.25) is 0 Å². The van der Waals surface area contributed by atoms with Gasteiger partial charge in [-0.15, -0.1) is 0 Å². The second kappa shape index (κ2) is 7.28. The molecule has 2 rings (SSSR count). The molecule has 1 heterocycles. The minimum absolute atomic E-state index is 0.0378. The summed E-state index contributed by atoms with van der Waals surface area (Å²) in [4.78, 5) is 0. The van der Waals surface area contributed by atoms with E-state index in [1.807, 2.05) is 12.1 Å². The van der Waals surface area contributed by atoms with Crippen molar-refractivity contribution < 1.29 is 22.9 Å². The Morgan fingerprint density at radius 2 is 1.59 bits per heavy atom. The zero-order chi connectivity index (χ0) is 16.2. The standard InChI is InChI=1S/C15H24BO5P/c1-5-20-22(17,21-6-2)14-9-7-13(8-10-14)16-18-11-15(3,4)12-19-16/h7-10H,5-6,11-12H2,1-4H3. The SMILES string of the molecule is CCOP(=O)(OCC)c1ccc(B2OCC(C)(C)CO2)cc1. The Hall–Kier alpha value is -0.645. The highest BCUT2D eigenvalue weighted by molar-refractivity contribution is 7.62. The fourth-order valence-corrected chi connectivity index (χ4v) is 3.79. The lowest BCUT2D eigenvalue weighted by molar-refractivity contribution is 0.0343. The molecule has 5 nitrogen and oxygen atoms in total. The Bertz CT molecular complexity index is 511. The molecular formula is C15H24BO5P. The summed E-state index contributed by atoms with van der Waals surface area (Å²) in [5, 5.41) is 0.552. The monoisotopic (exact) mass is 326 g/mol. The Labute approximate surface area is 133 Å². The van der Waals surface area contributed by atoms with E-state index in [-0.39, 0.29) is 12.5 Å². The van der Waals surface area contributed by atoms with Crippen molar-refractivity contribution in [3.8, 4) is 0 Å². The van der Waals surface area contributed by atoms with Crippen LogP contribution in [-0.4, -0.2) is 33.5 Å². The molecule has 0 spiro atoms. The van der Waals surface area contributed by atoms with Gasteiger partial charge in [0.15, 0.2) is 0 Å². The first-order chi connectivity index (χ1) is 10.4. The molecule has 0 atom stereocenters. The molecule has 1 aliphatic rings. The quantitative estimate of drug-likeness (QED) is 0.593. The molecule has 0 unspecified atom stereocenters. The predicted octanol–water partition coefficient (Wildman–Crippen LogP) is 2.35. The van der Waals surface area contributed by atoms with E-state index in [0.29, 0.717) is 31.7 Å². The zero-order valence-electron chi connectivity index (χ0n) is 13.7. The van der Waals surface area contributed by atoms with Crippen molar-refractivity contribution in [1.29, 1.82) is 0 Å². The van der Waals surface area contributed by atoms with Crippen molar-refractivity contribution in [1.82, 2.24) is 0 Å². The van der Waals surface area contributed by atoms with Crippen LogP contribution in [0.1, 0.15) is 27.7 Å². The minimum Gasteiger partial charge on any atom is -0.407 e. The van der Waals surface area contributed by atoms with E-state index in [1.165, 1.54) is 0 Å². The highest BCUT2D eigenvalue weighted by atomic mass is 31.2. The van der Waals surface area contributed by atoms with Crippen LogP contribution in [0.25, 0.3) is 0 Å². The lowest BCUT2D eigenvalue weighted by Crippen LogP contribution is -2.47. The van der Waals surface area contributed by atoms with Gasteiger partial charge in [0.2, 0.25) is 0 Å². The van der Waals surface area contributed by atoms with Crippen molar-refractivity contribution in [2.45, 2.75) is 27.7 Å². The average molecular weight is 326 g/mol. The molecule has 0 saturated carbocycles. The normalized spacial score (nSPS) is 18.5. The van der Waals surface area contributed by atoms with Crippen LogP contribution in [0.4, 0.5) is 0 Å². The molecular weight excluding hydrogens is 302 g/mol. The van der Waals surface area contributed by atoms with Crippen molar-refractivity contribution in [3.05, 3.63) is 24.3 Å². The van der Waals surface area contributed by atoms with E-state index in [1.54, 1.807) is 26.0 Å². The molecule has 1 aromatic carbocycles. The second-order valence-corrected chi connectivity index (χ2v) is 8.07. The fourth-order valence-electron chi connectivity index (χ4n) is 2.23. The van der Waals surface area contributed by atoms with Crippen LogP contribution in [0, 0.1) is 5.41 Å². The third-order valence-corrected chi connectivity index (χ3v) is 5.46. The number of hydrogen-bond donors (Lipinski definition) is 0. The number of rotatable bonds is 6. The Morgan fingerprint density at radius 3 is 2.05 bits per heavy atom. The molecule has 0 aromatic heterocycles. The average Bonchev–Trinajstić information content (AvgIpc) is 2.48.